The van der Waals surface area contributed by atoms with E-state index in [0.717, 1.165) is 11.1 Å². The molecule has 2 heteroatoms. The highest BCUT2D eigenvalue weighted by atomic mass is 16.4. The Morgan fingerprint density at radius 3 is 1.47 bits per heavy atom. The zero-order valence-electron chi connectivity index (χ0n) is 8.05. The van der Waals surface area contributed by atoms with Crippen molar-refractivity contribution in [3.63, 3.8) is 0 Å². The summed E-state index contributed by atoms with van der Waals surface area (Å²) in [7, 11) is 0. The van der Waals surface area contributed by atoms with Crippen LogP contribution in [-0.2, 0) is 0 Å². The standard InChI is InChI=1S/C7H4O2.C6H6/c8-7(9)6-2-4-1-5(4)3-6;1-2-4-6-5-3-1/h1-3H,(H,8,9);1-6H. The lowest BCUT2D eigenvalue weighted by molar-refractivity contribution is 0.0697. The molecule has 0 fully saturated rings. The van der Waals surface area contributed by atoms with Crippen molar-refractivity contribution in [1.29, 1.82) is 0 Å². The molecule has 1 N–H and O–H groups in total. The van der Waals surface area contributed by atoms with Crippen LogP contribution in [0.25, 0.3) is 11.1 Å². The first kappa shape index (κ1) is 9.46. The van der Waals surface area contributed by atoms with Gasteiger partial charge in [0.15, 0.2) is 0 Å². The zero-order valence-corrected chi connectivity index (χ0v) is 8.05. The topological polar surface area (TPSA) is 37.3 Å². The van der Waals surface area contributed by atoms with E-state index in [9.17, 15) is 4.79 Å². The van der Waals surface area contributed by atoms with Gasteiger partial charge in [0.25, 0.3) is 0 Å². The van der Waals surface area contributed by atoms with Gasteiger partial charge >= 0.3 is 5.97 Å². The maximum atomic E-state index is 10.2. The second kappa shape index (κ2) is 3.96. The molecule has 1 aromatic carbocycles. The summed E-state index contributed by atoms with van der Waals surface area (Å²) in [4.78, 5) is 10.2. The van der Waals surface area contributed by atoms with Crippen molar-refractivity contribution in [2.45, 2.75) is 0 Å². The number of carboxylic acid groups (broad SMARTS) is 1. The van der Waals surface area contributed by atoms with Gasteiger partial charge in [-0.1, -0.05) is 36.4 Å². The van der Waals surface area contributed by atoms with E-state index in [4.69, 9.17) is 5.11 Å². The van der Waals surface area contributed by atoms with E-state index in [0.29, 0.717) is 5.56 Å². The van der Waals surface area contributed by atoms with Crippen molar-refractivity contribution in [3.05, 3.63) is 60.2 Å². The van der Waals surface area contributed by atoms with Crippen LogP contribution in [0.1, 0.15) is 10.4 Å². The van der Waals surface area contributed by atoms with Gasteiger partial charge in [-0.2, -0.15) is 0 Å². The molecule has 0 atom stereocenters. The maximum Gasteiger partial charge on any atom is 0.335 e. The van der Waals surface area contributed by atoms with Gasteiger partial charge in [-0.25, -0.2) is 4.79 Å². The molecular formula is C13H10O2. The van der Waals surface area contributed by atoms with Crippen LogP contribution in [0.5, 0.6) is 0 Å². The average Bonchev–Trinajstić information content (AvgIpc) is 2.89. The average molecular weight is 198 g/mol. The molecule has 2 nitrogen and oxygen atoms in total. The van der Waals surface area contributed by atoms with Gasteiger partial charge in [-0.3, -0.25) is 0 Å². The lowest BCUT2D eigenvalue weighted by Crippen LogP contribution is -1.91. The van der Waals surface area contributed by atoms with E-state index in [1.54, 1.807) is 12.1 Å². The minimum absolute atomic E-state index is 0.405. The molecule has 15 heavy (non-hydrogen) atoms. The van der Waals surface area contributed by atoms with Gasteiger partial charge in [0.2, 0.25) is 0 Å². The summed E-state index contributed by atoms with van der Waals surface area (Å²) in [5, 5.41) is 8.41. The normalized spacial score (nSPS) is 9.87. The largest absolute Gasteiger partial charge is 0.478 e. The number of carboxylic acids is 1. The molecule has 1 aromatic rings. The Bertz CT molecular complexity index is 428. The predicted molar refractivity (Wildman–Crippen MR) is 58.8 cm³/mol. The van der Waals surface area contributed by atoms with Gasteiger partial charge in [-0.15, -0.1) is 0 Å². The first-order chi connectivity index (χ1) is 7.27. The molecule has 2 aliphatic carbocycles. The molecule has 2 aliphatic rings. The number of hydrogen-bond acceptors (Lipinski definition) is 1. The van der Waals surface area contributed by atoms with Crippen LogP contribution in [-0.4, -0.2) is 11.1 Å². The summed E-state index contributed by atoms with van der Waals surface area (Å²) in [6, 6.07) is 17.3. The van der Waals surface area contributed by atoms with Gasteiger partial charge in [0.1, 0.15) is 0 Å². The molecule has 0 saturated heterocycles. The third-order valence-corrected chi connectivity index (χ3v) is 2.10. The van der Waals surface area contributed by atoms with Crippen LogP contribution in [0.4, 0.5) is 0 Å². The number of hydrogen-bond donors (Lipinski definition) is 1. The fourth-order valence-electron chi connectivity index (χ4n) is 1.27. The van der Waals surface area contributed by atoms with Gasteiger partial charge in [-0.05, 0) is 29.3 Å². The van der Waals surface area contributed by atoms with Crippen LogP contribution in [0, 0.1) is 0 Å². The number of aromatic carboxylic acids is 1. The van der Waals surface area contributed by atoms with Crippen LogP contribution in [0.3, 0.4) is 0 Å². The molecule has 3 rings (SSSR count). The van der Waals surface area contributed by atoms with Crippen molar-refractivity contribution in [3.8, 4) is 11.1 Å². The lowest BCUT2D eigenvalue weighted by Gasteiger charge is -1.80. The SMILES string of the molecule is O=C(O)c1cc2cc-2c1.c1ccccc1. The summed E-state index contributed by atoms with van der Waals surface area (Å²) in [6.45, 7) is 0. The van der Waals surface area contributed by atoms with E-state index in [2.05, 4.69) is 0 Å². The van der Waals surface area contributed by atoms with Crippen molar-refractivity contribution < 1.29 is 9.90 Å². The minimum atomic E-state index is -0.837. The molecule has 0 aromatic heterocycles. The van der Waals surface area contributed by atoms with Crippen molar-refractivity contribution in [2.24, 2.45) is 0 Å². The molecule has 0 saturated carbocycles. The van der Waals surface area contributed by atoms with Crippen LogP contribution in [0.15, 0.2) is 54.6 Å². The molecular weight excluding hydrogens is 188 g/mol. The predicted octanol–water partition coefficient (Wildman–Crippen LogP) is 3.05. The Balaban J connectivity index is 0.000000124. The third-order valence-electron chi connectivity index (χ3n) is 2.10. The van der Waals surface area contributed by atoms with E-state index in [1.807, 2.05) is 42.5 Å². The van der Waals surface area contributed by atoms with Crippen LogP contribution in [0.2, 0.25) is 0 Å². The van der Waals surface area contributed by atoms with Gasteiger partial charge in [0.05, 0.1) is 5.56 Å². The highest BCUT2D eigenvalue weighted by Gasteiger charge is 2.16. The Hall–Kier alpha value is -2.09. The number of carbonyl (C=O) groups is 1. The molecule has 0 bridgehead atoms. The van der Waals surface area contributed by atoms with E-state index in [-0.39, 0.29) is 0 Å². The van der Waals surface area contributed by atoms with E-state index < -0.39 is 5.97 Å². The Morgan fingerprint density at radius 2 is 1.20 bits per heavy atom. The Labute approximate surface area is 87.8 Å². The monoisotopic (exact) mass is 198 g/mol. The number of benzene rings is 2. The first-order valence-corrected chi connectivity index (χ1v) is 4.66. The fraction of sp³-hybridized carbons (Fsp3) is 0. The van der Waals surface area contributed by atoms with Crippen molar-refractivity contribution in [1.82, 2.24) is 0 Å². The zero-order chi connectivity index (χ0) is 10.7. The summed E-state index contributed by atoms with van der Waals surface area (Å²) in [5.74, 6) is -0.837. The fourth-order valence-corrected chi connectivity index (χ4v) is 1.27. The minimum Gasteiger partial charge on any atom is -0.478 e. The van der Waals surface area contributed by atoms with E-state index >= 15 is 0 Å². The third kappa shape index (κ3) is 2.44. The van der Waals surface area contributed by atoms with Crippen molar-refractivity contribution in [2.75, 3.05) is 0 Å². The molecule has 0 aliphatic heterocycles. The summed E-state index contributed by atoms with van der Waals surface area (Å²) >= 11 is 0. The quantitative estimate of drug-likeness (QED) is 0.652. The molecule has 0 heterocycles. The maximum absolute atomic E-state index is 10.2. The molecule has 0 spiro atoms. The van der Waals surface area contributed by atoms with Crippen LogP contribution >= 0.6 is 0 Å². The second-order valence-electron chi connectivity index (χ2n) is 3.26. The highest BCUT2D eigenvalue weighted by molar-refractivity contribution is 5.96. The Morgan fingerprint density at radius 1 is 0.800 bits per heavy atom. The van der Waals surface area contributed by atoms with Crippen molar-refractivity contribution >= 4 is 5.97 Å². The number of rotatable bonds is 1. The van der Waals surface area contributed by atoms with E-state index in [1.165, 1.54) is 0 Å². The highest BCUT2D eigenvalue weighted by Crippen LogP contribution is 2.35. The molecule has 0 radical (unpaired) electrons. The molecule has 0 amide bonds. The lowest BCUT2D eigenvalue weighted by atomic mass is 10.3. The Kier molecular flexibility index (Phi) is 2.50. The number of fused-ring (bicyclic) bond motifs is 1. The summed E-state index contributed by atoms with van der Waals surface area (Å²) < 4.78 is 0. The van der Waals surface area contributed by atoms with Gasteiger partial charge < -0.3 is 5.11 Å². The molecule has 74 valence electrons. The van der Waals surface area contributed by atoms with Gasteiger partial charge in [0, 0.05) is 0 Å². The summed E-state index contributed by atoms with van der Waals surface area (Å²) in [5.41, 5.74) is 2.56. The van der Waals surface area contributed by atoms with Crippen LogP contribution < -0.4 is 0 Å². The summed E-state index contributed by atoms with van der Waals surface area (Å²) in [6.07, 6.45) is 0. The first-order valence-electron chi connectivity index (χ1n) is 4.66. The molecule has 0 unspecified atom stereocenters. The smallest absolute Gasteiger partial charge is 0.335 e. The second-order valence-corrected chi connectivity index (χ2v) is 3.26.